The zero-order valence-corrected chi connectivity index (χ0v) is 13.7. The second kappa shape index (κ2) is 6.84. The fourth-order valence-electron chi connectivity index (χ4n) is 2.30. The molecule has 0 aliphatic rings. The van der Waals surface area contributed by atoms with Crippen molar-refractivity contribution >= 4 is 33.4 Å². The van der Waals surface area contributed by atoms with Gasteiger partial charge in [0.15, 0.2) is 6.61 Å². The summed E-state index contributed by atoms with van der Waals surface area (Å²) in [6.07, 6.45) is 0. The van der Waals surface area contributed by atoms with Crippen LogP contribution in [-0.2, 0) is 23.1 Å². The van der Waals surface area contributed by atoms with Crippen LogP contribution in [-0.4, -0.2) is 23.1 Å². The number of rotatable bonds is 5. The van der Waals surface area contributed by atoms with Gasteiger partial charge in [-0.2, -0.15) is 0 Å². The summed E-state index contributed by atoms with van der Waals surface area (Å²) in [4.78, 5) is 23.8. The van der Waals surface area contributed by atoms with E-state index in [0.717, 1.165) is 15.8 Å². The van der Waals surface area contributed by atoms with Crippen LogP contribution in [0.5, 0.6) is 0 Å². The molecule has 0 aliphatic heterocycles. The van der Waals surface area contributed by atoms with Crippen LogP contribution in [0.1, 0.15) is 16.1 Å². The molecule has 0 unspecified atom stereocenters. The number of aryl methyl sites for hydroxylation is 1. The molecule has 7 heteroatoms. The second-order valence-electron chi connectivity index (χ2n) is 5.24. The number of benzene rings is 1. The predicted molar refractivity (Wildman–Crippen MR) is 89.3 cm³/mol. The molecule has 0 radical (unpaired) electrons. The van der Waals surface area contributed by atoms with Crippen LogP contribution in [0.3, 0.4) is 0 Å². The Kier molecular flexibility index (Phi) is 4.61. The van der Waals surface area contributed by atoms with Gasteiger partial charge in [0.05, 0.1) is 10.2 Å². The van der Waals surface area contributed by atoms with Gasteiger partial charge in [-0.05, 0) is 35.2 Å². The molecule has 0 aliphatic carbocycles. The average Bonchev–Trinajstić information content (AvgIpc) is 3.15. The standard InChI is InChI=1S/C17H15FN2O3S/c1-20-13-6-7-24-15(13)8-14(20)17(22)23-10-16(21)19-9-11-2-4-12(18)5-3-11/h2-8H,9-10H2,1H3,(H,19,21). The third kappa shape index (κ3) is 3.46. The molecule has 124 valence electrons. The maximum absolute atomic E-state index is 12.8. The number of carbonyl (C=O) groups excluding carboxylic acids is 2. The van der Waals surface area contributed by atoms with Gasteiger partial charge in [-0.1, -0.05) is 12.1 Å². The molecule has 0 bridgehead atoms. The van der Waals surface area contributed by atoms with Gasteiger partial charge in [0.1, 0.15) is 11.5 Å². The summed E-state index contributed by atoms with van der Waals surface area (Å²) in [6, 6.07) is 9.48. The molecule has 1 amide bonds. The van der Waals surface area contributed by atoms with Gasteiger partial charge in [-0.3, -0.25) is 4.79 Å². The SMILES string of the molecule is Cn1c(C(=O)OCC(=O)NCc2ccc(F)cc2)cc2sccc21. The van der Waals surface area contributed by atoms with E-state index < -0.39 is 11.9 Å². The van der Waals surface area contributed by atoms with Crippen LogP contribution in [0.15, 0.2) is 41.8 Å². The van der Waals surface area contributed by atoms with Crippen molar-refractivity contribution in [3.63, 3.8) is 0 Å². The lowest BCUT2D eigenvalue weighted by Crippen LogP contribution is -2.28. The molecule has 2 heterocycles. The Morgan fingerprint density at radius 1 is 1.25 bits per heavy atom. The number of halogens is 1. The number of esters is 1. The van der Waals surface area contributed by atoms with Crippen molar-refractivity contribution in [2.45, 2.75) is 6.54 Å². The number of nitrogens with one attached hydrogen (secondary N) is 1. The molecule has 1 N–H and O–H groups in total. The molecule has 2 aromatic heterocycles. The minimum atomic E-state index is -0.544. The number of hydrogen-bond donors (Lipinski definition) is 1. The van der Waals surface area contributed by atoms with Gasteiger partial charge in [0, 0.05) is 13.6 Å². The zero-order valence-electron chi connectivity index (χ0n) is 12.9. The van der Waals surface area contributed by atoms with Crippen LogP contribution in [0.2, 0.25) is 0 Å². The van der Waals surface area contributed by atoms with E-state index >= 15 is 0 Å². The highest BCUT2D eigenvalue weighted by molar-refractivity contribution is 7.17. The maximum atomic E-state index is 12.8. The third-order valence-corrected chi connectivity index (χ3v) is 4.46. The van der Waals surface area contributed by atoms with Crippen molar-refractivity contribution in [3.05, 3.63) is 58.9 Å². The first-order chi connectivity index (χ1) is 11.5. The number of amides is 1. The Hall–Kier alpha value is -2.67. The Morgan fingerprint density at radius 2 is 2.00 bits per heavy atom. The number of carbonyl (C=O) groups is 2. The first-order valence-corrected chi connectivity index (χ1v) is 8.14. The zero-order chi connectivity index (χ0) is 17.1. The van der Waals surface area contributed by atoms with E-state index in [9.17, 15) is 14.0 Å². The molecule has 0 fully saturated rings. The lowest BCUT2D eigenvalue weighted by Gasteiger charge is -2.07. The number of fused-ring (bicyclic) bond motifs is 1. The first kappa shape index (κ1) is 16.2. The Morgan fingerprint density at radius 3 is 2.71 bits per heavy atom. The van der Waals surface area contributed by atoms with Crippen molar-refractivity contribution in [1.82, 2.24) is 9.88 Å². The fourth-order valence-corrected chi connectivity index (χ4v) is 3.15. The molecule has 3 rings (SSSR count). The Bertz CT molecular complexity index is 883. The summed E-state index contributed by atoms with van der Waals surface area (Å²) in [5.74, 6) is -1.29. The van der Waals surface area contributed by atoms with Crippen molar-refractivity contribution in [2.75, 3.05) is 6.61 Å². The van der Waals surface area contributed by atoms with E-state index in [2.05, 4.69) is 5.32 Å². The summed E-state index contributed by atoms with van der Waals surface area (Å²) >= 11 is 1.54. The lowest BCUT2D eigenvalue weighted by molar-refractivity contribution is -0.124. The van der Waals surface area contributed by atoms with E-state index in [1.807, 2.05) is 11.4 Å². The topological polar surface area (TPSA) is 60.3 Å². The number of hydrogen-bond acceptors (Lipinski definition) is 4. The first-order valence-electron chi connectivity index (χ1n) is 7.26. The molecule has 24 heavy (non-hydrogen) atoms. The van der Waals surface area contributed by atoms with E-state index in [1.54, 1.807) is 29.8 Å². The number of aromatic nitrogens is 1. The molecule has 5 nitrogen and oxygen atoms in total. The van der Waals surface area contributed by atoms with Gasteiger partial charge in [0.25, 0.3) is 5.91 Å². The highest BCUT2D eigenvalue weighted by atomic mass is 32.1. The van der Waals surface area contributed by atoms with Crippen molar-refractivity contribution in [1.29, 1.82) is 0 Å². The minimum absolute atomic E-state index is 0.247. The molecule has 1 aromatic carbocycles. The average molecular weight is 346 g/mol. The summed E-state index contributed by atoms with van der Waals surface area (Å²) < 4.78 is 20.6. The summed E-state index contributed by atoms with van der Waals surface area (Å²) in [7, 11) is 1.78. The van der Waals surface area contributed by atoms with E-state index in [1.165, 1.54) is 23.5 Å². The van der Waals surface area contributed by atoms with Crippen LogP contribution >= 0.6 is 11.3 Å². The molecule has 0 saturated heterocycles. The summed E-state index contributed by atoms with van der Waals surface area (Å²) in [6.45, 7) is -0.116. The maximum Gasteiger partial charge on any atom is 0.355 e. The molecular weight excluding hydrogens is 331 g/mol. The van der Waals surface area contributed by atoms with E-state index in [0.29, 0.717) is 5.69 Å². The molecule has 3 aromatic rings. The molecular formula is C17H15FN2O3S. The minimum Gasteiger partial charge on any atom is -0.451 e. The largest absolute Gasteiger partial charge is 0.451 e. The molecule has 0 atom stereocenters. The quantitative estimate of drug-likeness (QED) is 0.723. The Labute approximate surface area is 141 Å². The highest BCUT2D eigenvalue weighted by Crippen LogP contribution is 2.24. The van der Waals surface area contributed by atoms with Crippen LogP contribution in [0.25, 0.3) is 10.2 Å². The Balaban J connectivity index is 1.52. The summed E-state index contributed by atoms with van der Waals surface area (Å²) in [5.41, 5.74) is 2.12. The van der Waals surface area contributed by atoms with Gasteiger partial charge >= 0.3 is 5.97 Å². The van der Waals surface area contributed by atoms with Crippen LogP contribution in [0.4, 0.5) is 4.39 Å². The number of ether oxygens (including phenoxy) is 1. The normalized spacial score (nSPS) is 10.8. The van der Waals surface area contributed by atoms with Gasteiger partial charge < -0.3 is 14.6 Å². The third-order valence-electron chi connectivity index (χ3n) is 3.61. The second-order valence-corrected chi connectivity index (χ2v) is 6.19. The van der Waals surface area contributed by atoms with Crippen molar-refractivity contribution in [2.24, 2.45) is 7.05 Å². The van der Waals surface area contributed by atoms with Gasteiger partial charge in [0.2, 0.25) is 0 Å². The lowest BCUT2D eigenvalue weighted by atomic mass is 10.2. The predicted octanol–water partition coefficient (Wildman–Crippen LogP) is 2.85. The highest BCUT2D eigenvalue weighted by Gasteiger charge is 2.16. The van der Waals surface area contributed by atoms with Crippen molar-refractivity contribution in [3.8, 4) is 0 Å². The van der Waals surface area contributed by atoms with E-state index in [-0.39, 0.29) is 19.0 Å². The van der Waals surface area contributed by atoms with Crippen LogP contribution < -0.4 is 5.32 Å². The number of thiophene rings is 1. The smallest absolute Gasteiger partial charge is 0.355 e. The fraction of sp³-hybridized carbons (Fsp3) is 0.176. The van der Waals surface area contributed by atoms with Gasteiger partial charge in [-0.25, -0.2) is 9.18 Å². The van der Waals surface area contributed by atoms with E-state index in [4.69, 9.17) is 4.74 Å². The molecule has 0 spiro atoms. The summed E-state index contributed by atoms with van der Waals surface area (Å²) in [5, 5.41) is 4.57. The van der Waals surface area contributed by atoms with Crippen molar-refractivity contribution < 1.29 is 18.7 Å². The monoisotopic (exact) mass is 346 g/mol. The molecule has 0 saturated carbocycles. The number of nitrogens with zero attached hydrogens (tertiary/aromatic N) is 1. The van der Waals surface area contributed by atoms with Crippen LogP contribution in [0, 0.1) is 5.82 Å². The van der Waals surface area contributed by atoms with Gasteiger partial charge in [-0.15, -0.1) is 11.3 Å².